The van der Waals surface area contributed by atoms with Crippen LogP contribution in [0.2, 0.25) is 0 Å². The molecule has 2 heterocycles. The van der Waals surface area contributed by atoms with E-state index in [0.29, 0.717) is 36.0 Å². The van der Waals surface area contributed by atoms with Gasteiger partial charge in [-0.3, -0.25) is 4.79 Å². The second-order valence-electron chi connectivity index (χ2n) is 6.89. The van der Waals surface area contributed by atoms with Crippen molar-refractivity contribution < 1.29 is 18.9 Å². The zero-order valence-electron chi connectivity index (χ0n) is 16.7. The number of rotatable bonds is 6. The smallest absolute Gasteiger partial charge is 0.252 e. The molecule has 0 amide bonds. The van der Waals surface area contributed by atoms with Crippen LogP contribution in [0.3, 0.4) is 0 Å². The molecule has 0 saturated heterocycles. The van der Waals surface area contributed by atoms with Gasteiger partial charge in [-0.15, -0.1) is 0 Å². The summed E-state index contributed by atoms with van der Waals surface area (Å²) in [5.74, 6) is 2.84. The summed E-state index contributed by atoms with van der Waals surface area (Å²) in [6.45, 7) is 1.01. The molecule has 7 heteroatoms. The minimum absolute atomic E-state index is 0.00516. The van der Waals surface area contributed by atoms with Crippen LogP contribution < -0.4 is 29.8 Å². The van der Waals surface area contributed by atoms with Crippen LogP contribution in [0, 0.1) is 0 Å². The van der Waals surface area contributed by atoms with Crippen LogP contribution in [0.15, 0.2) is 41.2 Å². The second-order valence-corrected chi connectivity index (χ2v) is 6.89. The van der Waals surface area contributed by atoms with Crippen molar-refractivity contribution in [1.82, 2.24) is 10.3 Å². The molecule has 4 rings (SSSR count). The van der Waals surface area contributed by atoms with Gasteiger partial charge in [-0.05, 0) is 23.6 Å². The van der Waals surface area contributed by atoms with E-state index in [9.17, 15) is 4.79 Å². The summed E-state index contributed by atoms with van der Waals surface area (Å²) in [5.41, 5.74) is 2.25. The molecule has 1 unspecified atom stereocenters. The van der Waals surface area contributed by atoms with Gasteiger partial charge in [-0.2, -0.15) is 0 Å². The number of aromatic nitrogens is 1. The minimum atomic E-state index is -0.118. The van der Waals surface area contributed by atoms with E-state index in [4.69, 9.17) is 18.9 Å². The number of aromatic amines is 1. The first-order chi connectivity index (χ1) is 14.1. The highest BCUT2D eigenvalue weighted by Crippen LogP contribution is 2.42. The molecule has 0 bridgehead atoms. The number of benzene rings is 2. The molecule has 1 aromatic heterocycles. The lowest BCUT2D eigenvalue weighted by Gasteiger charge is -2.29. The molecule has 0 radical (unpaired) electrons. The van der Waals surface area contributed by atoms with E-state index >= 15 is 0 Å². The minimum Gasteiger partial charge on any atom is -0.497 e. The average Bonchev–Trinajstić information content (AvgIpc) is 2.76. The Balaban J connectivity index is 1.60. The van der Waals surface area contributed by atoms with E-state index in [0.717, 1.165) is 28.6 Å². The Labute approximate surface area is 168 Å². The van der Waals surface area contributed by atoms with Gasteiger partial charge in [0.05, 0.1) is 39.0 Å². The maximum atomic E-state index is 12.6. The van der Waals surface area contributed by atoms with E-state index in [1.807, 2.05) is 36.4 Å². The predicted octanol–water partition coefficient (Wildman–Crippen LogP) is 3.17. The molecule has 29 heavy (non-hydrogen) atoms. The number of ether oxygens (including phenoxy) is 4. The Morgan fingerprint density at radius 2 is 1.90 bits per heavy atom. The van der Waals surface area contributed by atoms with Crippen molar-refractivity contribution in [2.75, 3.05) is 27.9 Å². The van der Waals surface area contributed by atoms with Crippen molar-refractivity contribution in [2.24, 2.45) is 0 Å². The SMILES string of the molecule is COc1cc(OC)c2c(c1)OCCC2NCc1cc2ccc(OC)cc2[nH]c1=O. The molecule has 1 aliphatic rings. The van der Waals surface area contributed by atoms with Gasteiger partial charge in [0.15, 0.2) is 0 Å². The molecule has 2 aromatic carbocycles. The zero-order valence-corrected chi connectivity index (χ0v) is 16.7. The Hall–Kier alpha value is -3.19. The van der Waals surface area contributed by atoms with Crippen molar-refractivity contribution in [2.45, 2.75) is 19.0 Å². The number of pyridine rings is 1. The monoisotopic (exact) mass is 396 g/mol. The zero-order chi connectivity index (χ0) is 20.4. The third-order valence-corrected chi connectivity index (χ3v) is 5.21. The van der Waals surface area contributed by atoms with Crippen molar-refractivity contribution in [3.05, 3.63) is 57.9 Å². The largest absolute Gasteiger partial charge is 0.497 e. The quantitative estimate of drug-likeness (QED) is 0.666. The van der Waals surface area contributed by atoms with Gasteiger partial charge in [0.25, 0.3) is 5.56 Å². The van der Waals surface area contributed by atoms with Crippen LogP contribution in [0.25, 0.3) is 10.9 Å². The van der Waals surface area contributed by atoms with Gasteiger partial charge in [0.2, 0.25) is 0 Å². The fraction of sp³-hybridized carbons (Fsp3) is 0.318. The van der Waals surface area contributed by atoms with Crippen LogP contribution in [0.5, 0.6) is 23.0 Å². The van der Waals surface area contributed by atoms with E-state index in [1.165, 1.54) is 0 Å². The van der Waals surface area contributed by atoms with Gasteiger partial charge in [-0.1, -0.05) is 0 Å². The van der Waals surface area contributed by atoms with E-state index < -0.39 is 0 Å². The molecule has 0 saturated carbocycles. The maximum absolute atomic E-state index is 12.6. The van der Waals surface area contributed by atoms with Crippen LogP contribution in [-0.2, 0) is 6.54 Å². The summed E-state index contributed by atoms with van der Waals surface area (Å²) in [4.78, 5) is 15.5. The van der Waals surface area contributed by atoms with Crippen molar-refractivity contribution in [3.63, 3.8) is 0 Å². The van der Waals surface area contributed by atoms with E-state index in [-0.39, 0.29) is 11.6 Å². The lowest BCUT2D eigenvalue weighted by atomic mass is 9.98. The van der Waals surface area contributed by atoms with E-state index in [1.54, 1.807) is 21.3 Å². The van der Waals surface area contributed by atoms with Crippen molar-refractivity contribution >= 4 is 10.9 Å². The summed E-state index contributed by atoms with van der Waals surface area (Å²) in [7, 11) is 4.84. The van der Waals surface area contributed by atoms with E-state index in [2.05, 4.69) is 10.3 Å². The third kappa shape index (κ3) is 3.73. The lowest BCUT2D eigenvalue weighted by Crippen LogP contribution is -2.29. The molecule has 1 aliphatic heterocycles. The molecule has 2 N–H and O–H groups in total. The molecule has 0 fully saturated rings. The Morgan fingerprint density at radius 1 is 1.07 bits per heavy atom. The number of nitrogens with one attached hydrogen (secondary N) is 2. The molecule has 1 atom stereocenters. The predicted molar refractivity (Wildman–Crippen MR) is 110 cm³/mol. The Kier molecular flexibility index (Phi) is 5.31. The highest BCUT2D eigenvalue weighted by molar-refractivity contribution is 5.80. The highest BCUT2D eigenvalue weighted by Gasteiger charge is 2.26. The van der Waals surface area contributed by atoms with Gasteiger partial charge in [-0.25, -0.2) is 0 Å². The standard InChI is InChI=1S/C22H24N2O5/c1-26-15-5-4-13-8-14(22(25)24-18(13)9-15)12-23-17-6-7-29-20-11-16(27-2)10-19(28-3)21(17)20/h4-5,8-11,17,23H,6-7,12H2,1-3H3,(H,24,25). The number of hydrogen-bond donors (Lipinski definition) is 2. The molecular formula is C22H24N2O5. The molecular weight excluding hydrogens is 372 g/mol. The first-order valence-electron chi connectivity index (χ1n) is 9.45. The molecule has 0 spiro atoms. The number of hydrogen-bond acceptors (Lipinski definition) is 6. The maximum Gasteiger partial charge on any atom is 0.252 e. The highest BCUT2D eigenvalue weighted by atomic mass is 16.5. The van der Waals surface area contributed by atoms with Gasteiger partial charge >= 0.3 is 0 Å². The van der Waals surface area contributed by atoms with Gasteiger partial charge < -0.3 is 29.2 Å². The Bertz CT molecular complexity index is 1080. The first kappa shape index (κ1) is 19.1. The fourth-order valence-corrected chi connectivity index (χ4v) is 3.68. The van der Waals surface area contributed by atoms with Crippen LogP contribution >= 0.6 is 0 Å². The summed E-state index contributed by atoms with van der Waals surface area (Å²) in [5, 5.41) is 4.44. The van der Waals surface area contributed by atoms with Crippen molar-refractivity contribution in [1.29, 1.82) is 0 Å². The van der Waals surface area contributed by atoms with Gasteiger partial charge in [0, 0.05) is 42.8 Å². The summed E-state index contributed by atoms with van der Waals surface area (Å²) in [6, 6.07) is 11.3. The van der Waals surface area contributed by atoms with Crippen LogP contribution in [-0.4, -0.2) is 32.9 Å². The van der Waals surface area contributed by atoms with Crippen LogP contribution in [0.4, 0.5) is 0 Å². The lowest BCUT2D eigenvalue weighted by molar-refractivity contribution is 0.243. The number of methoxy groups -OCH3 is 3. The third-order valence-electron chi connectivity index (χ3n) is 5.21. The topological polar surface area (TPSA) is 81.8 Å². The average molecular weight is 396 g/mol. The van der Waals surface area contributed by atoms with Gasteiger partial charge in [0.1, 0.15) is 23.0 Å². The Morgan fingerprint density at radius 3 is 2.66 bits per heavy atom. The summed E-state index contributed by atoms with van der Waals surface area (Å²) in [6.07, 6.45) is 0.776. The molecule has 0 aliphatic carbocycles. The number of H-pyrrole nitrogens is 1. The second kappa shape index (κ2) is 8.05. The molecule has 3 aromatic rings. The van der Waals surface area contributed by atoms with Crippen LogP contribution in [0.1, 0.15) is 23.6 Å². The first-order valence-corrected chi connectivity index (χ1v) is 9.45. The molecule has 7 nitrogen and oxygen atoms in total. The summed E-state index contributed by atoms with van der Waals surface area (Å²) < 4.78 is 21.9. The summed E-state index contributed by atoms with van der Waals surface area (Å²) >= 11 is 0. The fourth-order valence-electron chi connectivity index (χ4n) is 3.68. The van der Waals surface area contributed by atoms with Crippen molar-refractivity contribution in [3.8, 4) is 23.0 Å². The normalized spacial score (nSPS) is 15.5. The molecule has 152 valence electrons. The number of fused-ring (bicyclic) bond motifs is 2.